The predicted octanol–water partition coefficient (Wildman–Crippen LogP) is 2.63. The van der Waals surface area contributed by atoms with Crippen LogP contribution >= 0.6 is 0 Å². The van der Waals surface area contributed by atoms with Crippen molar-refractivity contribution in [3.05, 3.63) is 23.8 Å². The molecule has 1 aliphatic rings. The summed E-state index contributed by atoms with van der Waals surface area (Å²) < 4.78 is 10.7. The highest BCUT2D eigenvalue weighted by atomic mass is 16.5. The normalized spacial score (nSPS) is 16.4. The number of rotatable bonds is 8. The molecule has 1 aliphatic heterocycles. The topological polar surface area (TPSA) is 58.1 Å². The smallest absolute Gasteiger partial charge is 0.191 e. The number of likely N-dealkylation sites (tertiary alicyclic amines) is 1. The summed E-state index contributed by atoms with van der Waals surface area (Å²) in [4.78, 5) is 7.30. The first-order valence-corrected chi connectivity index (χ1v) is 9.68. The van der Waals surface area contributed by atoms with Gasteiger partial charge in [0, 0.05) is 37.3 Å². The molecule has 1 saturated heterocycles. The van der Waals surface area contributed by atoms with Crippen LogP contribution in [0.4, 0.5) is 0 Å². The molecule has 26 heavy (non-hydrogen) atoms. The molecule has 0 spiro atoms. The highest BCUT2D eigenvalue weighted by Crippen LogP contribution is 2.25. The quantitative estimate of drug-likeness (QED) is 0.550. The number of guanidine groups is 1. The van der Waals surface area contributed by atoms with Crippen LogP contribution in [-0.2, 0) is 6.54 Å². The van der Waals surface area contributed by atoms with E-state index in [0.717, 1.165) is 55.5 Å². The van der Waals surface area contributed by atoms with Crippen molar-refractivity contribution in [3.8, 4) is 11.5 Å². The van der Waals surface area contributed by atoms with E-state index in [9.17, 15) is 0 Å². The Morgan fingerprint density at radius 2 is 1.96 bits per heavy atom. The fraction of sp³-hybridized carbons (Fsp3) is 0.650. The van der Waals surface area contributed by atoms with Gasteiger partial charge >= 0.3 is 0 Å². The van der Waals surface area contributed by atoms with Crippen molar-refractivity contribution >= 4 is 5.96 Å². The molecule has 2 rings (SSSR count). The van der Waals surface area contributed by atoms with Gasteiger partial charge in [0.05, 0.1) is 20.8 Å². The van der Waals surface area contributed by atoms with Crippen LogP contribution in [0.1, 0.15) is 38.7 Å². The number of aliphatic imine (C=N–C) groups is 1. The Balaban J connectivity index is 1.96. The Morgan fingerprint density at radius 1 is 1.19 bits per heavy atom. The average molecular weight is 363 g/mol. The lowest BCUT2D eigenvalue weighted by Crippen LogP contribution is -2.48. The zero-order valence-corrected chi connectivity index (χ0v) is 16.7. The second kappa shape index (κ2) is 10.9. The van der Waals surface area contributed by atoms with Gasteiger partial charge in [-0.3, -0.25) is 0 Å². The predicted molar refractivity (Wildman–Crippen MR) is 107 cm³/mol. The summed E-state index contributed by atoms with van der Waals surface area (Å²) in [5.74, 6) is 2.47. The van der Waals surface area contributed by atoms with Crippen molar-refractivity contribution < 1.29 is 9.47 Å². The minimum Gasteiger partial charge on any atom is -0.497 e. The molecule has 0 saturated carbocycles. The third-order valence-electron chi connectivity index (χ3n) is 4.71. The highest BCUT2D eigenvalue weighted by Gasteiger charge is 2.19. The molecule has 0 aromatic heterocycles. The maximum absolute atomic E-state index is 5.47. The number of hydrogen-bond donors (Lipinski definition) is 2. The van der Waals surface area contributed by atoms with Crippen LogP contribution in [0, 0.1) is 0 Å². The lowest BCUT2D eigenvalue weighted by molar-refractivity contribution is 0.206. The molecule has 1 heterocycles. The molecule has 1 fully saturated rings. The Bertz CT molecular complexity index is 569. The van der Waals surface area contributed by atoms with Crippen LogP contribution < -0.4 is 20.1 Å². The summed E-state index contributed by atoms with van der Waals surface area (Å²) in [5.41, 5.74) is 1.04. The van der Waals surface area contributed by atoms with Gasteiger partial charge < -0.3 is 25.0 Å². The molecule has 1 aromatic rings. The maximum Gasteiger partial charge on any atom is 0.191 e. The van der Waals surface area contributed by atoms with Gasteiger partial charge in [-0.15, -0.1) is 0 Å². The van der Waals surface area contributed by atoms with Gasteiger partial charge in [0.1, 0.15) is 11.5 Å². The Morgan fingerprint density at radius 3 is 2.58 bits per heavy atom. The number of ether oxygens (including phenoxy) is 2. The minimum absolute atomic E-state index is 0.485. The molecule has 0 unspecified atom stereocenters. The van der Waals surface area contributed by atoms with E-state index in [-0.39, 0.29) is 0 Å². The van der Waals surface area contributed by atoms with E-state index in [0.29, 0.717) is 12.6 Å². The third-order valence-corrected chi connectivity index (χ3v) is 4.71. The fourth-order valence-corrected chi connectivity index (χ4v) is 3.28. The van der Waals surface area contributed by atoms with Gasteiger partial charge in [-0.05, 0) is 44.9 Å². The number of hydrogen-bond acceptors (Lipinski definition) is 4. The summed E-state index contributed by atoms with van der Waals surface area (Å²) >= 11 is 0. The summed E-state index contributed by atoms with van der Waals surface area (Å²) in [6, 6.07) is 6.33. The molecule has 0 radical (unpaired) electrons. The van der Waals surface area contributed by atoms with Crippen molar-refractivity contribution in [1.29, 1.82) is 0 Å². The fourth-order valence-electron chi connectivity index (χ4n) is 3.28. The van der Waals surface area contributed by atoms with Crippen LogP contribution in [0.25, 0.3) is 0 Å². The molecular weight excluding hydrogens is 328 g/mol. The summed E-state index contributed by atoms with van der Waals surface area (Å²) in [7, 11) is 3.33. The highest BCUT2D eigenvalue weighted by molar-refractivity contribution is 5.80. The molecule has 0 bridgehead atoms. The molecule has 0 amide bonds. The molecule has 1 aromatic carbocycles. The van der Waals surface area contributed by atoms with E-state index in [1.54, 1.807) is 14.2 Å². The molecule has 2 N–H and O–H groups in total. The van der Waals surface area contributed by atoms with E-state index >= 15 is 0 Å². The van der Waals surface area contributed by atoms with Crippen LogP contribution in [0.15, 0.2) is 23.2 Å². The van der Waals surface area contributed by atoms with Crippen molar-refractivity contribution in [2.75, 3.05) is 40.4 Å². The summed E-state index contributed by atoms with van der Waals surface area (Å²) in [5, 5.41) is 6.95. The molecular formula is C20H34N4O2. The van der Waals surface area contributed by atoms with Crippen LogP contribution in [-0.4, -0.2) is 57.3 Å². The van der Waals surface area contributed by atoms with Gasteiger partial charge in [0.15, 0.2) is 5.96 Å². The van der Waals surface area contributed by atoms with E-state index < -0.39 is 0 Å². The average Bonchev–Trinajstić information content (AvgIpc) is 2.68. The molecule has 6 heteroatoms. The van der Waals surface area contributed by atoms with Crippen molar-refractivity contribution in [1.82, 2.24) is 15.5 Å². The molecule has 6 nitrogen and oxygen atoms in total. The first-order chi connectivity index (χ1) is 12.7. The Kier molecular flexibility index (Phi) is 8.54. The largest absolute Gasteiger partial charge is 0.497 e. The number of benzene rings is 1. The van der Waals surface area contributed by atoms with Crippen molar-refractivity contribution in [2.24, 2.45) is 4.99 Å². The van der Waals surface area contributed by atoms with E-state index in [1.165, 1.54) is 13.0 Å². The standard InChI is InChI=1S/C20H34N4O2/c1-5-11-24-12-9-17(10-13-24)23-20(21-6-2)22-15-16-7-8-18(25-3)14-19(16)26-4/h7-8,14,17H,5-6,9-13,15H2,1-4H3,(H2,21,22,23). The summed E-state index contributed by atoms with van der Waals surface area (Å²) in [6.07, 6.45) is 3.55. The van der Waals surface area contributed by atoms with Crippen molar-refractivity contribution in [3.63, 3.8) is 0 Å². The number of methoxy groups -OCH3 is 2. The monoisotopic (exact) mass is 362 g/mol. The van der Waals surface area contributed by atoms with E-state index in [1.807, 2.05) is 18.2 Å². The Hall–Kier alpha value is -1.95. The second-order valence-corrected chi connectivity index (χ2v) is 6.63. The molecule has 146 valence electrons. The maximum atomic E-state index is 5.47. The van der Waals surface area contributed by atoms with Gasteiger partial charge in [-0.25, -0.2) is 4.99 Å². The zero-order valence-electron chi connectivity index (χ0n) is 16.7. The second-order valence-electron chi connectivity index (χ2n) is 6.63. The first kappa shape index (κ1) is 20.4. The lowest BCUT2D eigenvalue weighted by Gasteiger charge is -2.32. The van der Waals surface area contributed by atoms with Gasteiger partial charge in [0.25, 0.3) is 0 Å². The Labute approximate surface area is 158 Å². The van der Waals surface area contributed by atoms with Crippen LogP contribution in [0.3, 0.4) is 0 Å². The third kappa shape index (κ3) is 6.09. The summed E-state index contributed by atoms with van der Waals surface area (Å²) in [6.45, 7) is 9.28. The number of nitrogens with one attached hydrogen (secondary N) is 2. The zero-order chi connectivity index (χ0) is 18.8. The van der Waals surface area contributed by atoms with Crippen LogP contribution in [0.5, 0.6) is 11.5 Å². The molecule has 0 atom stereocenters. The van der Waals surface area contributed by atoms with E-state index in [4.69, 9.17) is 14.5 Å². The van der Waals surface area contributed by atoms with Gasteiger partial charge in [-0.1, -0.05) is 6.92 Å². The SMILES string of the molecule is CCCN1CCC(NC(=NCc2ccc(OC)cc2OC)NCC)CC1. The first-order valence-electron chi connectivity index (χ1n) is 9.68. The van der Waals surface area contributed by atoms with Crippen LogP contribution in [0.2, 0.25) is 0 Å². The van der Waals surface area contributed by atoms with Gasteiger partial charge in [0.2, 0.25) is 0 Å². The van der Waals surface area contributed by atoms with Gasteiger partial charge in [-0.2, -0.15) is 0 Å². The number of piperidine rings is 1. The minimum atomic E-state index is 0.485. The molecule has 0 aliphatic carbocycles. The number of nitrogens with zero attached hydrogens (tertiary/aromatic N) is 2. The van der Waals surface area contributed by atoms with E-state index in [2.05, 4.69) is 29.4 Å². The van der Waals surface area contributed by atoms with Crippen molar-refractivity contribution in [2.45, 2.75) is 45.7 Å². The lowest BCUT2D eigenvalue weighted by atomic mass is 10.1.